The van der Waals surface area contributed by atoms with E-state index in [4.69, 9.17) is 5.84 Å². The van der Waals surface area contributed by atoms with Gasteiger partial charge in [-0.25, -0.2) is 0 Å². The van der Waals surface area contributed by atoms with Gasteiger partial charge in [0.05, 0.1) is 0 Å². The zero-order valence-electron chi connectivity index (χ0n) is 13.3. The average molecular weight is 341 g/mol. The number of aryl methyl sites for hydroxylation is 2. The highest BCUT2D eigenvalue weighted by Gasteiger charge is 2.17. The van der Waals surface area contributed by atoms with Gasteiger partial charge in [-0.05, 0) is 42.9 Å². The van der Waals surface area contributed by atoms with Gasteiger partial charge in [-0.2, -0.15) is 0 Å². The second kappa shape index (κ2) is 8.81. The summed E-state index contributed by atoms with van der Waals surface area (Å²) in [4.78, 5) is 0. The van der Waals surface area contributed by atoms with E-state index in [0.717, 1.165) is 12.3 Å². The van der Waals surface area contributed by atoms with Crippen molar-refractivity contribution in [2.45, 2.75) is 65.8 Å². The van der Waals surface area contributed by atoms with Gasteiger partial charge in [0, 0.05) is 10.5 Å². The van der Waals surface area contributed by atoms with E-state index in [9.17, 15) is 0 Å². The van der Waals surface area contributed by atoms with Gasteiger partial charge in [-0.15, -0.1) is 0 Å². The SMILES string of the molecule is CCCCC(CC)CC(NN)c1cc(C)c(Br)c(C)c1. The predicted molar refractivity (Wildman–Crippen MR) is 91.6 cm³/mol. The Morgan fingerprint density at radius 3 is 2.25 bits per heavy atom. The van der Waals surface area contributed by atoms with Crippen molar-refractivity contribution in [3.63, 3.8) is 0 Å². The van der Waals surface area contributed by atoms with Crippen LogP contribution in [-0.2, 0) is 0 Å². The van der Waals surface area contributed by atoms with Crippen LogP contribution in [0.1, 0.15) is 68.7 Å². The van der Waals surface area contributed by atoms with Gasteiger partial charge in [0.1, 0.15) is 0 Å². The highest BCUT2D eigenvalue weighted by Crippen LogP contribution is 2.30. The standard InChI is InChI=1S/C17H29BrN2/c1-5-7-8-14(6-2)11-16(20-19)15-9-12(3)17(18)13(4)10-15/h9-10,14,16,20H,5-8,11,19H2,1-4H3. The van der Waals surface area contributed by atoms with E-state index in [-0.39, 0.29) is 6.04 Å². The van der Waals surface area contributed by atoms with Crippen molar-refractivity contribution >= 4 is 15.9 Å². The highest BCUT2D eigenvalue weighted by molar-refractivity contribution is 9.10. The summed E-state index contributed by atoms with van der Waals surface area (Å²) < 4.78 is 1.20. The van der Waals surface area contributed by atoms with Crippen molar-refractivity contribution in [1.82, 2.24) is 5.43 Å². The number of unbranched alkanes of at least 4 members (excludes halogenated alkanes) is 1. The lowest BCUT2D eigenvalue weighted by atomic mass is 9.88. The molecule has 3 N–H and O–H groups in total. The Labute approximate surface area is 132 Å². The molecule has 20 heavy (non-hydrogen) atoms. The average Bonchev–Trinajstić information content (AvgIpc) is 2.44. The minimum absolute atomic E-state index is 0.252. The number of nitrogens with one attached hydrogen (secondary N) is 1. The zero-order chi connectivity index (χ0) is 15.1. The van der Waals surface area contributed by atoms with E-state index in [1.165, 1.54) is 46.8 Å². The van der Waals surface area contributed by atoms with Crippen molar-refractivity contribution in [3.8, 4) is 0 Å². The molecule has 0 saturated heterocycles. The van der Waals surface area contributed by atoms with Crippen LogP contribution in [0.3, 0.4) is 0 Å². The summed E-state index contributed by atoms with van der Waals surface area (Å²) in [5.41, 5.74) is 6.88. The molecule has 1 aromatic carbocycles. The lowest BCUT2D eigenvalue weighted by Gasteiger charge is -2.23. The van der Waals surface area contributed by atoms with E-state index in [0.29, 0.717) is 0 Å². The van der Waals surface area contributed by atoms with Crippen molar-refractivity contribution in [1.29, 1.82) is 0 Å². The molecule has 2 atom stereocenters. The maximum absolute atomic E-state index is 5.81. The summed E-state index contributed by atoms with van der Waals surface area (Å²) in [6.45, 7) is 8.82. The van der Waals surface area contributed by atoms with Crippen LogP contribution in [0.2, 0.25) is 0 Å². The van der Waals surface area contributed by atoms with Gasteiger partial charge in [-0.1, -0.05) is 67.6 Å². The molecule has 1 rings (SSSR count). The summed E-state index contributed by atoms with van der Waals surface area (Å²) in [7, 11) is 0. The zero-order valence-corrected chi connectivity index (χ0v) is 14.9. The van der Waals surface area contributed by atoms with Gasteiger partial charge < -0.3 is 0 Å². The second-order valence-electron chi connectivity index (χ2n) is 5.84. The molecule has 1 aromatic rings. The van der Waals surface area contributed by atoms with E-state index in [1.54, 1.807) is 0 Å². The molecule has 0 aliphatic heterocycles. The number of hydrogen-bond acceptors (Lipinski definition) is 2. The molecule has 0 bridgehead atoms. The van der Waals surface area contributed by atoms with Crippen LogP contribution in [0.5, 0.6) is 0 Å². The Balaban J connectivity index is 2.84. The van der Waals surface area contributed by atoms with Gasteiger partial charge in [-0.3, -0.25) is 11.3 Å². The first-order valence-corrected chi connectivity index (χ1v) is 8.55. The molecule has 0 amide bonds. The van der Waals surface area contributed by atoms with Crippen molar-refractivity contribution in [2.75, 3.05) is 0 Å². The van der Waals surface area contributed by atoms with E-state index in [2.05, 4.69) is 61.2 Å². The number of halogens is 1. The number of nitrogens with two attached hydrogens (primary N) is 1. The van der Waals surface area contributed by atoms with Gasteiger partial charge in [0.2, 0.25) is 0 Å². The lowest BCUT2D eigenvalue weighted by molar-refractivity contribution is 0.356. The summed E-state index contributed by atoms with van der Waals surface area (Å²) in [6, 6.07) is 4.74. The first kappa shape index (κ1) is 17.7. The Morgan fingerprint density at radius 2 is 1.80 bits per heavy atom. The van der Waals surface area contributed by atoms with Crippen LogP contribution < -0.4 is 11.3 Å². The third kappa shape index (κ3) is 4.87. The van der Waals surface area contributed by atoms with Crippen LogP contribution in [0, 0.1) is 19.8 Å². The quantitative estimate of drug-likeness (QED) is 0.505. The monoisotopic (exact) mass is 340 g/mol. The summed E-state index contributed by atoms with van der Waals surface area (Å²) in [5.74, 6) is 6.56. The third-order valence-electron chi connectivity index (χ3n) is 4.17. The number of rotatable bonds is 8. The number of hydrazine groups is 1. The van der Waals surface area contributed by atoms with Crippen LogP contribution in [0.15, 0.2) is 16.6 Å². The van der Waals surface area contributed by atoms with E-state index >= 15 is 0 Å². The van der Waals surface area contributed by atoms with Gasteiger partial charge >= 0.3 is 0 Å². The molecule has 3 heteroatoms. The van der Waals surface area contributed by atoms with Crippen molar-refractivity contribution < 1.29 is 0 Å². The van der Waals surface area contributed by atoms with Gasteiger partial charge in [0.15, 0.2) is 0 Å². The molecule has 0 aromatic heterocycles. The summed E-state index contributed by atoms with van der Waals surface area (Å²) in [5, 5.41) is 0. The van der Waals surface area contributed by atoms with Crippen LogP contribution in [-0.4, -0.2) is 0 Å². The fraction of sp³-hybridized carbons (Fsp3) is 0.647. The first-order chi connectivity index (χ1) is 9.53. The highest BCUT2D eigenvalue weighted by atomic mass is 79.9. The minimum atomic E-state index is 0.252. The van der Waals surface area contributed by atoms with Crippen molar-refractivity contribution in [2.24, 2.45) is 11.8 Å². The number of benzene rings is 1. The summed E-state index contributed by atoms with van der Waals surface area (Å²) >= 11 is 3.63. The Hall–Kier alpha value is -0.380. The summed E-state index contributed by atoms with van der Waals surface area (Å²) in [6.07, 6.45) is 6.24. The van der Waals surface area contributed by atoms with Gasteiger partial charge in [0.25, 0.3) is 0 Å². The molecule has 0 heterocycles. The largest absolute Gasteiger partial charge is 0.271 e. The smallest absolute Gasteiger partial charge is 0.0462 e. The molecule has 0 radical (unpaired) electrons. The first-order valence-electron chi connectivity index (χ1n) is 7.76. The molecule has 0 saturated carbocycles. The topological polar surface area (TPSA) is 38.0 Å². The molecule has 0 spiro atoms. The molecule has 114 valence electrons. The van der Waals surface area contributed by atoms with E-state index in [1.807, 2.05) is 0 Å². The molecule has 2 nitrogen and oxygen atoms in total. The molecule has 0 aliphatic rings. The lowest BCUT2D eigenvalue weighted by Crippen LogP contribution is -2.30. The van der Waals surface area contributed by atoms with E-state index < -0.39 is 0 Å². The molecule has 2 unspecified atom stereocenters. The van der Waals surface area contributed by atoms with Crippen LogP contribution >= 0.6 is 15.9 Å². The molecule has 0 fully saturated rings. The molecule has 0 aliphatic carbocycles. The fourth-order valence-electron chi connectivity index (χ4n) is 2.80. The maximum atomic E-state index is 5.81. The van der Waals surface area contributed by atoms with Crippen LogP contribution in [0.25, 0.3) is 0 Å². The molecular weight excluding hydrogens is 312 g/mol. The Morgan fingerprint density at radius 1 is 1.20 bits per heavy atom. The molecular formula is C17H29BrN2. The van der Waals surface area contributed by atoms with Crippen LogP contribution in [0.4, 0.5) is 0 Å². The number of hydrogen-bond donors (Lipinski definition) is 2. The maximum Gasteiger partial charge on any atom is 0.0462 e. The Kier molecular flexibility index (Phi) is 7.78. The Bertz CT molecular complexity index is 394. The van der Waals surface area contributed by atoms with Crippen molar-refractivity contribution in [3.05, 3.63) is 33.3 Å². The predicted octanol–water partition coefficient (Wildman–Crippen LogP) is 5.18. The minimum Gasteiger partial charge on any atom is -0.271 e. The normalized spacial score (nSPS) is 14.3. The fourth-order valence-corrected chi connectivity index (χ4v) is 3.02. The third-order valence-corrected chi connectivity index (χ3v) is 5.43. The second-order valence-corrected chi connectivity index (χ2v) is 6.63.